The molecule has 0 radical (unpaired) electrons. The number of para-hydroxylation sites is 2. The monoisotopic (exact) mass is 1650 g/mol. The van der Waals surface area contributed by atoms with E-state index in [1.165, 1.54) is 16.7 Å². The lowest BCUT2D eigenvalue weighted by molar-refractivity contribution is -0.671. The van der Waals surface area contributed by atoms with E-state index < -0.39 is 206 Å². The number of alkyl carbamates (subject to hydrolysis) is 6. The van der Waals surface area contributed by atoms with E-state index in [9.17, 15) is 64.2 Å². The molecule has 4 fully saturated rings. The summed E-state index contributed by atoms with van der Waals surface area (Å²) in [6.07, 6.45) is -28.3. The summed E-state index contributed by atoms with van der Waals surface area (Å²) in [7, 11) is 2.06. The maximum Gasteiger partial charge on any atom is 0.408 e. The fraction of sp³-hybridized carbons (Fsp3) is 0.692. The highest BCUT2D eigenvalue weighted by Crippen LogP contribution is 2.46. The summed E-state index contributed by atoms with van der Waals surface area (Å²) in [5.74, 6) is -0.0769. The molecule has 0 bridgehead atoms. The highest BCUT2D eigenvalue weighted by atomic mass is 32.2. The fourth-order valence-corrected chi connectivity index (χ4v) is 15.1. The zero-order chi connectivity index (χ0) is 84.3. The van der Waals surface area contributed by atoms with Crippen molar-refractivity contribution in [3.05, 3.63) is 71.4 Å². The average molecular weight is 1650 g/mol. The lowest BCUT2D eigenvalue weighted by Crippen LogP contribution is -2.70. The molecule has 1 saturated carbocycles. The predicted molar refractivity (Wildman–Crippen MR) is 419 cm³/mol. The summed E-state index contributed by atoms with van der Waals surface area (Å²) < 4.78 is 75.1. The number of ether oxygens (including phenoxy) is 12. The van der Waals surface area contributed by atoms with E-state index in [1.54, 1.807) is 136 Å². The summed E-state index contributed by atoms with van der Waals surface area (Å²) in [5.41, 5.74) is -3.15. The van der Waals surface area contributed by atoms with E-state index in [4.69, 9.17) is 56.8 Å². The van der Waals surface area contributed by atoms with E-state index in [0.717, 1.165) is 27.2 Å². The molecule has 1 aromatic heterocycles. The average Bonchev–Trinajstić information content (AvgIpc) is 1.32. The number of aromatic nitrogens is 1. The highest BCUT2D eigenvalue weighted by Gasteiger charge is 2.57. The van der Waals surface area contributed by atoms with E-state index in [2.05, 4.69) is 96.3 Å². The van der Waals surface area contributed by atoms with Crippen LogP contribution in [0.25, 0.3) is 17.0 Å². The van der Waals surface area contributed by atoms with Gasteiger partial charge in [0.1, 0.15) is 119 Å². The first-order valence-corrected chi connectivity index (χ1v) is 40.4. The van der Waals surface area contributed by atoms with Gasteiger partial charge in [-0.25, -0.2) is 28.8 Å². The fourth-order valence-electron chi connectivity index (χ4n) is 13.1. The van der Waals surface area contributed by atoms with Crippen molar-refractivity contribution in [1.29, 1.82) is 0 Å². The Morgan fingerprint density at radius 2 is 0.965 bits per heavy atom. The number of carbonyl (C=O) groups is 7. The molecule has 114 heavy (non-hydrogen) atoms. The zero-order valence-electron chi connectivity index (χ0n) is 68.5. The summed E-state index contributed by atoms with van der Waals surface area (Å²) in [6, 6.07) is 12.1. The number of benzene rings is 2. The van der Waals surface area contributed by atoms with Crippen LogP contribution in [0.5, 0.6) is 0 Å². The molecule has 2 aromatic carbocycles. The number of pyridine rings is 1. The molecule has 1 aliphatic carbocycles. The van der Waals surface area contributed by atoms with Gasteiger partial charge in [0.05, 0.1) is 34.3 Å². The SMILES string of the molecule is CN1/C(=C/c2cc[n+](CCCCC(=O)NCCSC[C@H]3O[C@@H](O[C@@H]4[C@@H](O)[C@H](NC(=O)OC(C)(C)C)C[C@H](NC(=O)OC(C)(C)C)[C@H]4O[C@H]4O[C@H](CNC(=O)OC(C)(C)C)[C@@H](O)[C@H](O)[C@H]4NC(=O)OC(C)(C)C)[C@H](O)[C@@H]3O[C@H]3O[C@@H](CNC(=O)OC(C)(C)C)[C@@H](O)[C@H](O)[C@H]3NC(=O)OC(C)(C)C)c3ccccc23)Sc2ccccc21. The van der Waals surface area contributed by atoms with Gasteiger partial charge in [0, 0.05) is 68.1 Å². The molecule has 0 unspecified atom stereocenters. The number of aliphatic hydroxyl groups excluding tert-OH is 6. The van der Waals surface area contributed by atoms with Crippen LogP contribution in [0.2, 0.25) is 0 Å². The Hall–Kier alpha value is -7.30. The maximum atomic E-state index is 14.2. The van der Waals surface area contributed by atoms with Crippen LogP contribution in [-0.2, 0) is 68.2 Å². The van der Waals surface area contributed by atoms with Crippen LogP contribution >= 0.6 is 23.5 Å². The van der Waals surface area contributed by atoms with E-state index in [-0.39, 0.29) is 30.4 Å². The molecule has 7 amide bonds. The number of hydrogen-bond acceptors (Lipinski definition) is 28. The van der Waals surface area contributed by atoms with Gasteiger partial charge in [-0.3, -0.25) is 4.79 Å². The van der Waals surface area contributed by atoms with Crippen molar-refractivity contribution in [2.24, 2.45) is 0 Å². The van der Waals surface area contributed by atoms with Gasteiger partial charge < -0.3 is 130 Å². The maximum absolute atomic E-state index is 14.2. The molecule has 3 saturated heterocycles. The van der Waals surface area contributed by atoms with Crippen LogP contribution in [0.1, 0.15) is 156 Å². The van der Waals surface area contributed by atoms with Crippen molar-refractivity contribution in [3.63, 3.8) is 0 Å². The van der Waals surface area contributed by atoms with Crippen molar-refractivity contribution in [2.75, 3.05) is 43.1 Å². The summed E-state index contributed by atoms with van der Waals surface area (Å²) in [6.45, 7) is 28.5. The van der Waals surface area contributed by atoms with Gasteiger partial charge in [0.2, 0.25) is 11.4 Å². The van der Waals surface area contributed by atoms with Gasteiger partial charge in [-0.2, -0.15) is 16.3 Å². The van der Waals surface area contributed by atoms with Gasteiger partial charge in [-0.05, 0) is 167 Å². The third-order valence-corrected chi connectivity index (χ3v) is 20.1. The van der Waals surface area contributed by atoms with Crippen molar-refractivity contribution in [1.82, 2.24) is 37.2 Å². The van der Waals surface area contributed by atoms with Crippen molar-refractivity contribution in [3.8, 4) is 0 Å². The summed E-state index contributed by atoms with van der Waals surface area (Å²) in [4.78, 5) is 98.6. The first-order chi connectivity index (χ1) is 53.0. The normalized spacial score (nSPS) is 28.5. The number of anilines is 1. The van der Waals surface area contributed by atoms with Crippen LogP contribution in [0.3, 0.4) is 0 Å². The number of aryl methyl sites for hydroxylation is 1. The number of fused-ring (bicyclic) bond motifs is 2. The highest BCUT2D eigenvalue weighted by molar-refractivity contribution is 8.04. The number of rotatable bonds is 25. The summed E-state index contributed by atoms with van der Waals surface area (Å²) >= 11 is 2.95. The van der Waals surface area contributed by atoms with Crippen molar-refractivity contribution in [2.45, 2.75) is 312 Å². The second-order valence-corrected chi connectivity index (χ2v) is 36.9. The molecule has 36 heteroatoms. The van der Waals surface area contributed by atoms with Crippen LogP contribution in [-0.4, -0.2) is 261 Å². The quantitative estimate of drug-likeness (QED) is 0.0255. The molecular formula is C78H120N9O25S2+. The second kappa shape index (κ2) is 38.8. The molecular weight excluding hydrogens is 1530 g/mol. The van der Waals surface area contributed by atoms with Gasteiger partial charge in [0.15, 0.2) is 25.1 Å². The van der Waals surface area contributed by atoms with Gasteiger partial charge in [-0.1, -0.05) is 36.0 Å². The van der Waals surface area contributed by atoms with Crippen molar-refractivity contribution >= 4 is 88.7 Å². The van der Waals surface area contributed by atoms with E-state index in [1.807, 2.05) is 24.3 Å². The Bertz CT molecular complexity index is 3800. The third kappa shape index (κ3) is 27.4. The van der Waals surface area contributed by atoms with E-state index in [0.29, 0.717) is 19.4 Å². The van der Waals surface area contributed by atoms with Gasteiger partial charge >= 0.3 is 36.6 Å². The van der Waals surface area contributed by atoms with Crippen LogP contribution in [0.15, 0.2) is 70.7 Å². The molecule has 3 aromatic rings. The van der Waals surface area contributed by atoms with Crippen LogP contribution < -0.4 is 46.7 Å². The number of thioether (sulfide) groups is 2. The van der Waals surface area contributed by atoms with Gasteiger partial charge in [-0.15, -0.1) is 0 Å². The minimum atomic E-state index is -2.02. The second-order valence-electron chi connectivity index (χ2n) is 34.7. The molecule has 19 atom stereocenters. The zero-order valence-corrected chi connectivity index (χ0v) is 70.2. The Morgan fingerprint density at radius 3 is 1.48 bits per heavy atom. The Morgan fingerprint density at radius 1 is 0.509 bits per heavy atom. The minimum absolute atomic E-state index is 0.0981. The first-order valence-electron chi connectivity index (χ1n) is 38.4. The summed E-state index contributed by atoms with van der Waals surface area (Å²) in [5, 5.41) is 93.9. The van der Waals surface area contributed by atoms with Crippen molar-refractivity contribution < 1.29 is 126 Å². The number of unbranched alkanes of at least 4 members (excludes halogenated alkanes) is 1. The third-order valence-electron chi connectivity index (χ3n) is 17.9. The number of amides is 7. The molecule has 13 N–H and O–H groups in total. The first kappa shape index (κ1) is 92.2. The Balaban J connectivity index is 1.10. The van der Waals surface area contributed by atoms with Crippen LogP contribution in [0.4, 0.5) is 34.5 Å². The Labute approximate surface area is 674 Å². The van der Waals surface area contributed by atoms with E-state index >= 15 is 0 Å². The van der Waals surface area contributed by atoms with Gasteiger partial charge in [0.25, 0.3) is 0 Å². The Kier molecular flexibility index (Phi) is 31.4. The molecule has 638 valence electrons. The molecule has 34 nitrogen and oxygen atoms in total. The number of nitrogens with zero attached hydrogens (tertiary/aromatic N) is 2. The number of aliphatic hydroxyl groups is 6. The largest absolute Gasteiger partial charge is 0.444 e. The van der Waals surface area contributed by atoms with Crippen LogP contribution in [0, 0.1) is 0 Å². The lowest BCUT2D eigenvalue weighted by Gasteiger charge is -2.49. The molecule has 5 aliphatic rings. The molecule has 5 heterocycles. The number of hydrogen-bond donors (Lipinski definition) is 13. The molecule has 4 aliphatic heterocycles. The number of nitrogens with one attached hydrogen (secondary N) is 7. The predicted octanol–water partition coefficient (Wildman–Crippen LogP) is 6.21. The molecule has 0 spiro atoms. The standard InChI is InChI=1S/C78H119N9O25S2/c1-73(2,3)107-67(95)80-38-47-56(90)58(92)53(84-71(99)111-77(13,14)15)64(101-47)104-61-44(83-70(98)110-76(10,11)12)37-43(82-69(97)109-75(7,8)9)55(89)63(61)106-66-60(94)62(105-65-54(85-72(100)112-78(16,17)18)59(93)57(91)48(102-65)39-81-68(96)108-74(4,5)6)49(103-66)40-113-35-32-79-51(88)30-24-25-33-87-34-31-41(42-26-20-21-27-45(42)87)36-52-86(19)46-28-22-23-29-50(46)114-52/h20-23,26-29,31,34,36,43-44,47-49,53-66,89-94H,24-25,30,32-33,35,37-40H2,1-19H3,(H6-,79,80,81,82,83,84,85,88,95,96,97,98,99,100)/p+1/t43-,44+,47-,48+,49-,53-,54-,55+,56-,57-,58-,59-,60-,61-,62-,63-,64-,65-,66+/m1/s1. The minimum Gasteiger partial charge on any atom is -0.444 e. The topological polar surface area (TPSA) is 443 Å². The molecule has 8 rings (SSSR count). The smallest absolute Gasteiger partial charge is 0.408 e. The number of carbonyl (C=O) groups excluding carboxylic acids is 7. The lowest BCUT2D eigenvalue weighted by atomic mass is 9.83.